The van der Waals surface area contributed by atoms with E-state index in [1.807, 2.05) is 13.0 Å². The minimum atomic E-state index is -4.07. The van der Waals surface area contributed by atoms with Gasteiger partial charge in [0.2, 0.25) is 0 Å². The highest BCUT2D eigenvalue weighted by Gasteiger charge is 2.24. The molecule has 0 aromatic heterocycles. The highest BCUT2D eigenvalue weighted by atomic mass is 32.2. The normalized spacial score (nSPS) is 20.5. The Balaban J connectivity index is 2.66. The summed E-state index contributed by atoms with van der Waals surface area (Å²) in [5.74, 6) is 0. The molecule has 0 fully saturated rings. The molecule has 0 bridgehead atoms. The summed E-state index contributed by atoms with van der Waals surface area (Å²) >= 11 is 0. The van der Waals surface area contributed by atoms with Crippen molar-refractivity contribution in [2.24, 2.45) is 0 Å². The number of hydrogen-bond donors (Lipinski definition) is 1. The molecule has 3 nitrogen and oxygen atoms in total. The lowest BCUT2D eigenvalue weighted by Gasteiger charge is -1.96. The van der Waals surface area contributed by atoms with Gasteiger partial charge in [0.25, 0.3) is 10.1 Å². The summed E-state index contributed by atoms with van der Waals surface area (Å²) in [6.07, 6.45) is 6.73. The fourth-order valence-corrected chi connectivity index (χ4v) is 2.20. The van der Waals surface area contributed by atoms with Crippen LogP contribution in [0.2, 0.25) is 0 Å². The molecule has 68 valence electrons. The van der Waals surface area contributed by atoms with E-state index in [4.69, 9.17) is 4.55 Å². The summed E-state index contributed by atoms with van der Waals surface area (Å²) in [4.78, 5) is -0.00407. The van der Waals surface area contributed by atoms with Gasteiger partial charge in [0, 0.05) is 5.57 Å². The van der Waals surface area contributed by atoms with Crippen LogP contribution in [0.3, 0.4) is 0 Å². The van der Waals surface area contributed by atoms with E-state index in [-0.39, 0.29) is 4.91 Å². The molecule has 0 saturated carbocycles. The second kappa shape index (κ2) is 2.43. The fourth-order valence-electron chi connectivity index (χ4n) is 1.51. The zero-order chi connectivity index (χ0) is 9.64. The van der Waals surface area contributed by atoms with E-state index < -0.39 is 10.1 Å². The molecule has 0 amide bonds. The number of allylic oxidation sites excluding steroid dienone is 7. The molecule has 0 spiro atoms. The standard InChI is InChI=1S/C9H8O3S/c1-6-4-7-2-3-9(8(7)5-6)13(10,11)12/h2-5H,1H3,(H,10,11,12). The molecule has 0 radical (unpaired) electrons. The Hall–Kier alpha value is -1.13. The van der Waals surface area contributed by atoms with Crippen molar-refractivity contribution in [3.05, 3.63) is 45.9 Å². The summed E-state index contributed by atoms with van der Waals surface area (Å²) in [6.45, 7) is 1.88. The molecule has 4 heteroatoms. The minimum absolute atomic E-state index is 0.00407. The van der Waals surface area contributed by atoms with Gasteiger partial charge in [0.05, 0.1) is 0 Å². The first-order valence-corrected chi connectivity index (χ1v) is 5.23. The first kappa shape index (κ1) is 8.47. The number of hydrogen-bond acceptors (Lipinski definition) is 2. The highest BCUT2D eigenvalue weighted by Crippen LogP contribution is 2.34. The van der Waals surface area contributed by atoms with Crippen LogP contribution in [0, 0.1) is 0 Å². The molecule has 0 atom stereocenters. The molecule has 0 aromatic carbocycles. The Bertz CT molecular complexity index is 487. The third-order valence-electron chi connectivity index (χ3n) is 2.02. The maximum Gasteiger partial charge on any atom is 0.295 e. The van der Waals surface area contributed by atoms with Crippen LogP contribution in [0.25, 0.3) is 0 Å². The molecule has 0 aromatic rings. The summed E-state index contributed by atoms with van der Waals surface area (Å²) in [5, 5.41) is 0. The van der Waals surface area contributed by atoms with E-state index in [0.717, 1.165) is 11.1 Å². The molecule has 0 aliphatic heterocycles. The van der Waals surface area contributed by atoms with Crippen molar-refractivity contribution in [3.8, 4) is 0 Å². The predicted molar refractivity (Wildman–Crippen MR) is 49.6 cm³/mol. The molecular weight excluding hydrogens is 188 g/mol. The SMILES string of the molecule is CC1=CC2=C(S(=O)(=O)O)C=CC2=C1. The zero-order valence-corrected chi connectivity index (χ0v) is 7.80. The van der Waals surface area contributed by atoms with E-state index in [1.165, 1.54) is 6.08 Å². The fraction of sp³-hybridized carbons (Fsp3) is 0.111. The van der Waals surface area contributed by atoms with Crippen LogP contribution in [0.15, 0.2) is 45.9 Å². The van der Waals surface area contributed by atoms with Gasteiger partial charge in [-0.05, 0) is 24.1 Å². The summed E-state index contributed by atoms with van der Waals surface area (Å²) in [7, 11) is -4.07. The van der Waals surface area contributed by atoms with Crippen molar-refractivity contribution < 1.29 is 13.0 Å². The topological polar surface area (TPSA) is 54.4 Å². The van der Waals surface area contributed by atoms with Gasteiger partial charge >= 0.3 is 0 Å². The van der Waals surface area contributed by atoms with E-state index >= 15 is 0 Å². The summed E-state index contributed by atoms with van der Waals surface area (Å²) in [6, 6.07) is 0. The smallest absolute Gasteiger partial charge is 0.282 e. The van der Waals surface area contributed by atoms with Crippen LogP contribution in [-0.2, 0) is 10.1 Å². The van der Waals surface area contributed by atoms with E-state index in [2.05, 4.69) is 0 Å². The molecule has 0 heterocycles. The van der Waals surface area contributed by atoms with Crippen LogP contribution in [0.1, 0.15) is 6.92 Å². The molecular formula is C9H8O3S. The van der Waals surface area contributed by atoms with Crippen LogP contribution in [0.4, 0.5) is 0 Å². The van der Waals surface area contributed by atoms with Crippen molar-refractivity contribution in [1.29, 1.82) is 0 Å². The minimum Gasteiger partial charge on any atom is -0.282 e. The van der Waals surface area contributed by atoms with Gasteiger partial charge in [-0.1, -0.05) is 18.2 Å². The Morgan fingerprint density at radius 1 is 1.23 bits per heavy atom. The lowest BCUT2D eigenvalue weighted by molar-refractivity contribution is 0.492. The van der Waals surface area contributed by atoms with Gasteiger partial charge in [-0.2, -0.15) is 8.42 Å². The summed E-state index contributed by atoms with van der Waals surface area (Å²) in [5.41, 5.74) is 2.45. The van der Waals surface area contributed by atoms with E-state index in [0.29, 0.717) is 5.57 Å². The molecule has 13 heavy (non-hydrogen) atoms. The Kier molecular flexibility index (Phi) is 1.58. The Morgan fingerprint density at radius 3 is 2.54 bits per heavy atom. The largest absolute Gasteiger partial charge is 0.295 e. The maximum absolute atomic E-state index is 10.9. The van der Waals surface area contributed by atoms with Gasteiger partial charge in [0.15, 0.2) is 0 Å². The predicted octanol–water partition coefficient (Wildman–Crippen LogP) is 1.58. The third-order valence-corrected chi connectivity index (χ3v) is 2.94. The molecule has 2 aliphatic rings. The van der Waals surface area contributed by atoms with Crippen molar-refractivity contribution in [2.45, 2.75) is 6.92 Å². The van der Waals surface area contributed by atoms with Gasteiger partial charge in [-0.15, -0.1) is 0 Å². The van der Waals surface area contributed by atoms with Crippen molar-refractivity contribution in [1.82, 2.24) is 0 Å². The summed E-state index contributed by atoms with van der Waals surface area (Å²) < 4.78 is 30.6. The lowest BCUT2D eigenvalue weighted by atomic mass is 10.2. The average molecular weight is 196 g/mol. The third kappa shape index (κ3) is 1.28. The van der Waals surface area contributed by atoms with Crippen molar-refractivity contribution >= 4 is 10.1 Å². The van der Waals surface area contributed by atoms with E-state index in [1.54, 1.807) is 12.2 Å². The molecule has 1 N–H and O–H groups in total. The van der Waals surface area contributed by atoms with Crippen molar-refractivity contribution in [2.75, 3.05) is 0 Å². The van der Waals surface area contributed by atoms with Crippen LogP contribution >= 0.6 is 0 Å². The number of fused-ring (bicyclic) bond motifs is 1. The second-order valence-corrected chi connectivity index (χ2v) is 4.46. The first-order chi connectivity index (χ1) is 5.98. The Labute approximate surface area is 76.5 Å². The molecule has 0 saturated heterocycles. The quantitative estimate of drug-likeness (QED) is 0.648. The van der Waals surface area contributed by atoms with Gasteiger partial charge in [-0.3, -0.25) is 4.55 Å². The second-order valence-electron chi connectivity index (χ2n) is 3.07. The van der Waals surface area contributed by atoms with Crippen LogP contribution in [-0.4, -0.2) is 13.0 Å². The lowest BCUT2D eigenvalue weighted by Crippen LogP contribution is -1.99. The highest BCUT2D eigenvalue weighted by molar-refractivity contribution is 7.90. The van der Waals surface area contributed by atoms with E-state index in [9.17, 15) is 8.42 Å². The van der Waals surface area contributed by atoms with Gasteiger partial charge in [0.1, 0.15) is 4.91 Å². The molecule has 2 rings (SSSR count). The van der Waals surface area contributed by atoms with Crippen LogP contribution in [0.5, 0.6) is 0 Å². The Morgan fingerprint density at radius 2 is 1.92 bits per heavy atom. The monoisotopic (exact) mass is 196 g/mol. The average Bonchev–Trinajstić information content (AvgIpc) is 2.41. The first-order valence-electron chi connectivity index (χ1n) is 3.79. The zero-order valence-electron chi connectivity index (χ0n) is 6.98. The van der Waals surface area contributed by atoms with Gasteiger partial charge < -0.3 is 0 Å². The number of rotatable bonds is 1. The maximum atomic E-state index is 10.9. The van der Waals surface area contributed by atoms with Crippen LogP contribution < -0.4 is 0 Å². The molecule has 0 unspecified atom stereocenters. The van der Waals surface area contributed by atoms with Gasteiger partial charge in [-0.25, -0.2) is 0 Å². The van der Waals surface area contributed by atoms with Crippen molar-refractivity contribution in [3.63, 3.8) is 0 Å². The molecule has 2 aliphatic carbocycles.